The number of aromatic nitrogens is 4. The van der Waals surface area contributed by atoms with Crippen molar-refractivity contribution < 1.29 is 0 Å². The van der Waals surface area contributed by atoms with E-state index in [4.69, 9.17) is 0 Å². The summed E-state index contributed by atoms with van der Waals surface area (Å²) in [7, 11) is 1.80. The Kier molecular flexibility index (Phi) is 3.38. The van der Waals surface area contributed by atoms with Crippen molar-refractivity contribution in [1.82, 2.24) is 19.9 Å². The summed E-state index contributed by atoms with van der Waals surface area (Å²) in [6.07, 6.45) is 2.94. The molecule has 0 saturated carbocycles. The van der Waals surface area contributed by atoms with Crippen LogP contribution in [0.5, 0.6) is 0 Å². The van der Waals surface area contributed by atoms with Crippen molar-refractivity contribution in [3.05, 3.63) is 34.5 Å². The SMILES string of the molecule is CNc1ncnc(Sc2nccc(=O)[nH]2)c1C. The molecule has 0 fully saturated rings. The number of nitrogens with zero attached hydrogens (tertiary/aromatic N) is 3. The Bertz CT molecular complexity index is 583. The molecular formula is C10H11N5OS. The fourth-order valence-corrected chi connectivity index (χ4v) is 2.08. The molecule has 6 nitrogen and oxygen atoms in total. The van der Waals surface area contributed by atoms with Crippen LogP contribution >= 0.6 is 11.8 Å². The fraction of sp³-hybridized carbons (Fsp3) is 0.200. The minimum atomic E-state index is -0.178. The van der Waals surface area contributed by atoms with Gasteiger partial charge in [0.05, 0.1) is 0 Å². The Balaban J connectivity index is 2.33. The molecule has 0 radical (unpaired) electrons. The van der Waals surface area contributed by atoms with Gasteiger partial charge in [0, 0.05) is 24.9 Å². The molecule has 2 N–H and O–H groups in total. The molecule has 0 spiro atoms. The van der Waals surface area contributed by atoms with E-state index in [1.165, 1.54) is 30.4 Å². The van der Waals surface area contributed by atoms with Crippen LogP contribution < -0.4 is 10.9 Å². The first-order valence-corrected chi connectivity index (χ1v) is 5.75. The van der Waals surface area contributed by atoms with Crippen LogP contribution in [-0.2, 0) is 0 Å². The van der Waals surface area contributed by atoms with Gasteiger partial charge in [-0.3, -0.25) is 4.79 Å². The molecule has 17 heavy (non-hydrogen) atoms. The van der Waals surface area contributed by atoms with Gasteiger partial charge in [-0.2, -0.15) is 0 Å². The molecule has 0 aromatic carbocycles. The molecule has 0 aliphatic heterocycles. The zero-order chi connectivity index (χ0) is 12.3. The lowest BCUT2D eigenvalue weighted by Gasteiger charge is -2.07. The molecule has 0 saturated heterocycles. The van der Waals surface area contributed by atoms with Gasteiger partial charge in [-0.25, -0.2) is 15.0 Å². The number of nitrogens with one attached hydrogen (secondary N) is 2. The summed E-state index contributed by atoms with van der Waals surface area (Å²) in [4.78, 5) is 26.1. The molecule has 2 heterocycles. The van der Waals surface area contributed by atoms with Crippen LogP contribution in [0, 0.1) is 6.92 Å². The number of aromatic amines is 1. The summed E-state index contributed by atoms with van der Waals surface area (Å²) in [6, 6.07) is 1.37. The lowest BCUT2D eigenvalue weighted by molar-refractivity contribution is 0.924. The van der Waals surface area contributed by atoms with Crippen molar-refractivity contribution in [3.8, 4) is 0 Å². The third kappa shape index (κ3) is 2.62. The second-order valence-electron chi connectivity index (χ2n) is 3.24. The van der Waals surface area contributed by atoms with Crippen molar-refractivity contribution in [2.24, 2.45) is 0 Å². The maximum atomic E-state index is 11.1. The van der Waals surface area contributed by atoms with E-state index in [1.54, 1.807) is 7.05 Å². The van der Waals surface area contributed by atoms with Crippen LogP contribution in [0.2, 0.25) is 0 Å². The third-order valence-corrected chi connectivity index (χ3v) is 3.12. The number of H-pyrrole nitrogens is 1. The number of hydrogen-bond acceptors (Lipinski definition) is 6. The highest BCUT2D eigenvalue weighted by Crippen LogP contribution is 2.27. The predicted octanol–water partition coefficient (Wildman–Crippen LogP) is 1.06. The van der Waals surface area contributed by atoms with Gasteiger partial charge in [-0.15, -0.1) is 0 Å². The van der Waals surface area contributed by atoms with Crippen LogP contribution in [0.4, 0.5) is 5.82 Å². The van der Waals surface area contributed by atoms with Gasteiger partial charge < -0.3 is 10.3 Å². The second-order valence-corrected chi connectivity index (χ2v) is 4.22. The van der Waals surface area contributed by atoms with Gasteiger partial charge in [0.15, 0.2) is 5.16 Å². The molecule has 0 unspecified atom stereocenters. The van der Waals surface area contributed by atoms with Gasteiger partial charge in [-0.1, -0.05) is 0 Å². The summed E-state index contributed by atoms with van der Waals surface area (Å²) < 4.78 is 0. The highest BCUT2D eigenvalue weighted by Gasteiger charge is 2.08. The summed E-state index contributed by atoms with van der Waals surface area (Å²) in [6.45, 7) is 1.91. The second kappa shape index (κ2) is 4.96. The lowest BCUT2D eigenvalue weighted by atomic mass is 10.3. The Morgan fingerprint density at radius 1 is 1.35 bits per heavy atom. The van der Waals surface area contributed by atoms with Crippen molar-refractivity contribution >= 4 is 17.6 Å². The van der Waals surface area contributed by atoms with E-state index in [2.05, 4.69) is 25.3 Å². The van der Waals surface area contributed by atoms with Gasteiger partial charge in [0.1, 0.15) is 17.2 Å². The monoisotopic (exact) mass is 249 g/mol. The summed E-state index contributed by atoms with van der Waals surface area (Å²) in [5.41, 5.74) is 0.745. The smallest absolute Gasteiger partial charge is 0.251 e. The summed E-state index contributed by atoms with van der Waals surface area (Å²) >= 11 is 1.30. The molecular weight excluding hydrogens is 238 g/mol. The van der Waals surface area contributed by atoms with E-state index in [0.29, 0.717) is 5.16 Å². The molecule has 0 amide bonds. The minimum absolute atomic E-state index is 0.178. The van der Waals surface area contributed by atoms with E-state index in [-0.39, 0.29) is 5.56 Å². The molecule has 88 valence electrons. The minimum Gasteiger partial charge on any atom is -0.373 e. The van der Waals surface area contributed by atoms with Crippen molar-refractivity contribution in [2.75, 3.05) is 12.4 Å². The van der Waals surface area contributed by atoms with Crippen LogP contribution in [0.1, 0.15) is 5.56 Å². The normalized spacial score (nSPS) is 10.2. The first-order valence-electron chi connectivity index (χ1n) is 4.93. The van der Waals surface area contributed by atoms with Crippen LogP contribution in [-0.4, -0.2) is 27.0 Å². The molecule has 0 aliphatic carbocycles. The van der Waals surface area contributed by atoms with E-state index >= 15 is 0 Å². The molecule has 0 aliphatic rings. The van der Waals surface area contributed by atoms with E-state index in [9.17, 15) is 4.79 Å². The van der Waals surface area contributed by atoms with E-state index in [0.717, 1.165) is 16.4 Å². The molecule has 2 rings (SSSR count). The number of rotatable bonds is 3. The Labute approximate surface area is 102 Å². The first kappa shape index (κ1) is 11.6. The van der Waals surface area contributed by atoms with Gasteiger partial charge in [0.25, 0.3) is 5.56 Å². The van der Waals surface area contributed by atoms with Crippen molar-refractivity contribution in [2.45, 2.75) is 17.1 Å². The Hall–Kier alpha value is -1.89. The predicted molar refractivity (Wildman–Crippen MR) is 65.3 cm³/mol. The highest BCUT2D eigenvalue weighted by atomic mass is 32.2. The van der Waals surface area contributed by atoms with Crippen LogP contribution in [0.15, 0.2) is 33.6 Å². The van der Waals surface area contributed by atoms with Crippen LogP contribution in [0.3, 0.4) is 0 Å². The maximum absolute atomic E-state index is 11.1. The maximum Gasteiger partial charge on any atom is 0.251 e. The lowest BCUT2D eigenvalue weighted by Crippen LogP contribution is -2.05. The Morgan fingerprint density at radius 2 is 2.18 bits per heavy atom. The quantitative estimate of drug-likeness (QED) is 0.625. The molecule has 0 atom stereocenters. The summed E-state index contributed by atoms with van der Waals surface area (Å²) in [5, 5.41) is 4.25. The standard InChI is InChI=1S/C10H11N5OS/c1-6-8(11-2)13-5-14-9(6)17-10-12-4-3-7(16)15-10/h3-5H,1-2H3,(H,11,13,14)(H,12,15,16). The van der Waals surface area contributed by atoms with Gasteiger partial charge in [-0.05, 0) is 18.7 Å². The van der Waals surface area contributed by atoms with Crippen LogP contribution in [0.25, 0.3) is 0 Å². The van der Waals surface area contributed by atoms with Crippen molar-refractivity contribution in [3.63, 3.8) is 0 Å². The average molecular weight is 249 g/mol. The molecule has 2 aromatic heterocycles. The topological polar surface area (TPSA) is 83.6 Å². The van der Waals surface area contributed by atoms with Crippen molar-refractivity contribution in [1.29, 1.82) is 0 Å². The number of hydrogen-bond donors (Lipinski definition) is 2. The highest BCUT2D eigenvalue weighted by molar-refractivity contribution is 7.99. The zero-order valence-corrected chi connectivity index (χ0v) is 10.2. The first-order chi connectivity index (χ1) is 8.20. The molecule has 0 bridgehead atoms. The van der Waals surface area contributed by atoms with E-state index < -0.39 is 0 Å². The largest absolute Gasteiger partial charge is 0.373 e. The van der Waals surface area contributed by atoms with Gasteiger partial charge >= 0.3 is 0 Å². The fourth-order valence-electron chi connectivity index (χ4n) is 1.28. The summed E-state index contributed by atoms with van der Waals surface area (Å²) in [5.74, 6) is 0.765. The Morgan fingerprint density at radius 3 is 2.88 bits per heavy atom. The van der Waals surface area contributed by atoms with Gasteiger partial charge in [0.2, 0.25) is 0 Å². The molecule has 2 aromatic rings. The molecule has 7 heteroatoms. The van der Waals surface area contributed by atoms with E-state index in [1.807, 2.05) is 6.92 Å². The third-order valence-electron chi connectivity index (χ3n) is 2.12. The number of anilines is 1. The average Bonchev–Trinajstić information content (AvgIpc) is 2.32. The zero-order valence-electron chi connectivity index (χ0n) is 9.39.